The first-order valence-electron chi connectivity index (χ1n) is 8.94. The highest BCUT2D eigenvalue weighted by atomic mass is 16.2. The van der Waals surface area contributed by atoms with Crippen LogP contribution >= 0.6 is 0 Å². The van der Waals surface area contributed by atoms with E-state index in [4.69, 9.17) is 0 Å². The third-order valence-electron chi connectivity index (χ3n) is 5.21. The van der Waals surface area contributed by atoms with Crippen molar-refractivity contribution >= 4 is 11.8 Å². The van der Waals surface area contributed by atoms with Gasteiger partial charge in [-0.05, 0) is 30.9 Å². The molecule has 1 aromatic rings. The summed E-state index contributed by atoms with van der Waals surface area (Å²) in [5.41, 5.74) is 0.631. The molecule has 126 valence electrons. The van der Waals surface area contributed by atoms with Crippen molar-refractivity contribution in [2.75, 3.05) is 26.2 Å². The number of H-pyrrole nitrogens is 1. The third-order valence-corrected chi connectivity index (χ3v) is 5.21. The quantitative estimate of drug-likeness (QED) is 0.928. The Bertz CT molecular complexity index is 520. The van der Waals surface area contributed by atoms with E-state index in [-0.39, 0.29) is 11.8 Å². The number of hydrogen-bond acceptors (Lipinski definition) is 2. The second-order valence-electron chi connectivity index (χ2n) is 6.80. The highest BCUT2D eigenvalue weighted by Crippen LogP contribution is 2.28. The van der Waals surface area contributed by atoms with Gasteiger partial charge in [0, 0.05) is 38.8 Å². The van der Waals surface area contributed by atoms with Crippen LogP contribution < -0.4 is 0 Å². The number of nitrogens with one attached hydrogen (secondary N) is 1. The summed E-state index contributed by atoms with van der Waals surface area (Å²) in [5.74, 6) is 1.07. The normalized spacial score (nSPS) is 19.8. The number of carbonyl (C=O) groups is 2. The van der Waals surface area contributed by atoms with E-state index >= 15 is 0 Å². The first-order valence-corrected chi connectivity index (χ1v) is 8.94. The Morgan fingerprint density at radius 1 is 1.04 bits per heavy atom. The molecule has 0 radical (unpaired) electrons. The van der Waals surface area contributed by atoms with E-state index in [2.05, 4.69) is 4.98 Å². The summed E-state index contributed by atoms with van der Waals surface area (Å²) < 4.78 is 0. The number of carbonyl (C=O) groups excluding carboxylic acids is 2. The number of aromatic amines is 1. The molecule has 0 unspecified atom stereocenters. The van der Waals surface area contributed by atoms with Gasteiger partial charge in [0.25, 0.3) is 5.91 Å². The first-order chi connectivity index (χ1) is 11.2. The summed E-state index contributed by atoms with van der Waals surface area (Å²) in [6.07, 6.45) is 9.61. The Kier molecular flexibility index (Phi) is 5.36. The van der Waals surface area contributed by atoms with Gasteiger partial charge in [-0.25, -0.2) is 0 Å². The summed E-state index contributed by atoms with van der Waals surface area (Å²) in [7, 11) is 0. The zero-order valence-electron chi connectivity index (χ0n) is 13.8. The third kappa shape index (κ3) is 4.15. The number of nitrogens with zero attached hydrogens (tertiary/aromatic N) is 2. The molecule has 1 aromatic heterocycles. The number of hydrogen-bond donors (Lipinski definition) is 1. The Labute approximate surface area is 138 Å². The van der Waals surface area contributed by atoms with Gasteiger partial charge in [-0.3, -0.25) is 9.59 Å². The van der Waals surface area contributed by atoms with Crippen molar-refractivity contribution in [1.82, 2.24) is 14.8 Å². The van der Waals surface area contributed by atoms with Crippen molar-refractivity contribution in [3.8, 4) is 0 Å². The van der Waals surface area contributed by atoms with Gasteiger partial charge in [-0.1, -0.05) is 25.7 Å². The van der Waals surface area contributed by atoms with Crippen LogP contribution in [0.15, 0.2) is 18.3 Å². The maximum atomic E-state index is 12.4. The topological polar surface area (TPSA) is 56.4 Å². The molecular formula is C18H27N3O2. The van der Waals surface area contributed by atoms with E-state index < -0.39 is 0 Å². The SMILES string of the molecule is O=C(CCC1CCCC1)N1CCCN(C(=O)c2ccc[nH]2)CC1. The van der Waals surface area contributed by atoms with Crippen LogP contribution in [0.2, 0.25) is 0 Å². The van der Waals surface area contributed by atoms with Crippen LogP contribution in [-0.2, 0) is 4.79 Å². The maximum absolute atomic E-state index is 12.4. The Balaban J connectivity index is 1.47. The van der Waals surface area contributed by atoms with Crippen molar-refractivity contribution in [3.05, 3.63) is 24.0 Å². The van der Waals surface area contributed by atoms with Crippen LogP contribution in [0.5, 0.6) is 0 Å². The van der Waals surface area contributed by atoms with Crippen LogP contribution in [0.4, 0.5) is 0 Å². The Morgan fingerprint density at radius 2 is 1.78 bits per heavy atom. The van der Waals surface area contributed by atoms with Crippen molar-refractivity contribution in [3.63, 3.8) is 0 Å². The van der Waals surface area contributed by atoms with E-state index in [1.807, 2.05) is 15.9 Å². The zero-order chi connectivity index (χ0) is 16.1. The van der Waals surface area contributed by atoms with E-state index in [0.29, 0.717) is 25.2 Å². The lowest BCUT2D eigenvalue weighted by Crippen LogP contribution is -2.37. The van der Waals surface area contributed by atoms with Crippen LogP contribution in [0.25, 0.3) is 0 Å². The molecule has 1 aliphatic heterocycles. The van der Waals surface area contributed by atoms with Crippen molar-refractivity contribution in [2.45, 2.75) is 44.9 Å². The van der Waals surface area contributed by atoms with Gasteiger partial charge in [0.15, 0.2) is 0 Å². The van der Waals surface area contributed by atoms with Gasteiger partial charge in [0.1, 0.15) is 5.69 Å². The summed E-state index contributed by atoms with van der Waals surface area (Å²) in [6, 6.07) is 3.64. The molecule has 2 aliphatic rings. The van der Waals surface area contributed by atoms with Crippen LogP contribution in [0.3, 0.4) is 0 Å². The minimum absolute atomic E-state index is 0.0373. The standard InChI is InChI=1S/C18H27N3O2/c22-17(9-8-15-5-1-2-6-15)20-11-4-12-21(14-13-20)18(23)16-7-3-10-19-16/h3,7,10,15,19H,1-2,4-6,8-9,11-14H2. The zero-order valence-corrected chi connectivity index (χ0v) is 13.8. The molecule has 0 atom stereocenters. The summed E-state index contributed by atoms with van der Waals surface area (Å²) in [4.78, 5) is 31.6. The molecule has 2 heterocycles. The van der Waals surface area contributed by atoms with Crippen LogP contribution in [0, 0.1) is 5.92 Å². The lowest BCUT2D eigenvalue weighted by Gasteiger charge is -2.22. The second kappa shape index (κ2) is 7.66. The summed E-state index contributed by atoms with van der Waals surface area (Å²) >= 11 is 0. The molecule has 2 fully saturated rings. The van der Waals surface area contributed by atoms with E-state index in [0.717, 1.165) is 31.8 Å². The molecule has 2 amide bonds. The van der Waals surface area contributed by atoms with Crippen LogP contribution in [-0.4, -0.2) is 52.8 Å². The molecule has 23 heavy (non-hydrogen) atoms. The summed E-state index contributed by atoms with van der Waals surface area (Å²) in [6.45, 7) is 2.80. The van der Waals surface area contributed by atoms with Crippen LogP contribution in [0.1, 0.15) is 55.4 Å². The average molecular weight is 317 g/mol. The van der Waals surface area contributed by atoms with Gasteiger partial charge in [-0.15, -0.1) is 0 Å². The fourth-order valence-electron chi connectivity index (χ4n) is 3.79. The van der Waals surface area contributed by atoms with E-state index in [1.165, 1.54) is 25.7 Å². The van der Waals surface area contributed by atoms with Gasteiger partial charge in [0.2, 0.25) is 5.91 Å². The molecule has 1 N–H and O–H groups in total. The molecular weight excluding hydrogens is 290 g/mol. The molecule has 5 nitrogen and oxygen atoms in total. The highest BCUT2D eigenvalue weighted by Gasteiger charge is 2.24. The fourth-order valence-corrected chi connectivity index (χ4v) is 3.79. The van der Waals surface area contributed by atoms with Gasteiger partial charge < -0.3 is 14.8 Å². The summed E-state index contributed by atoms with van der Waals surface area (Å²) in [5, 5.41) is 0. The van der Waals surface area contributed by atoms with Gasteiger partial charge in [0.05, 0.1) is 0 Å². The average Bonchev–Trinajstić information content (AvgIpc) is 3.22. The largest absolute Gasteiger partial charge is 0.357 e. The highest BCUT2D eigenvalue weighted by molar-refractivity contribution is 5.92. The second-order valence-corrected chi connectivity index (χ2v) is 6.80. The van der Waals surface area contributed by atoms with Crippen molar-refractivity contribution in [2.24, 2.45) is 5.92 Å². The smallest absolute Gasteiger partial charge is 0.270 e. The molecule has 1 saturated carbocycles. The predicted molar refractivity (Wildman–Crippen MR) is 89.1 cm³/mol. The molecule has 0 bridgehead atoms. The first kappa shape index (κ1) is 16.1. The number of amides is 2. The molecule has 3 rings (SSSR count). The number of rotatable bonds is 4. The molecule has 0 spiro atoms. The minimum atomic E-state index is 0.0373. The van der Waals surface area contributed by atoms with Gasteiger partial charge in [-0.2, -0.15) is 0 Å². The molecule has 1 aliphatic carbocycles. The maximum Gasteiger partial charge on any atom is 0.270 e. The van der Waals surface area contributed by atoms with Crippen molar-refractivity contribution in [1.29, 1.82) is 0 Å². The molecule has 1 saturated heterocycles. The lowest BCUT2D eigenvalue weighted by molar-refractivity contribution is -0.131. The van der Waals surface area contributed by atoms with E-state index in [9.17, 15) is 9.59 Å². The minimum Gasteiger partial charge on any atom is -0.357 e. The Hall–Kier alpha value is -1.78. The molecule has 5 heteroatoms. The number of aromatic nitrogens is 1. The Morgan fingerprint density at radius 3 is 2.52 bits per heavy atom. The lowest BCUT2D eigenvalue weighted by atomic mass is 10.0. The van der Waals surface area contributed by atoms with Crippen molar-refractivity contribution < 1.29 is 9.59 Å². The monoisotopic (exact) mass is 317 g/mol. The molecule has 0 aromatic carbocycles. The van der Waals surface area contributed by atoms with Gasteiger partial charge >= 0.3 is 0 Å². The van der Waals surface area contributed by atoms with E-state index in [1.54, 1.807) is 12.3 Å². The predicted octanol–water partition coefficient (Wildman–Crippen LogP) is 2.66. The fraction of sp³-hybridized carbons (Fsp3) is 0.667.